The van der Waals surface area contributed by atoms with Crippen LogP contribution in [-0.2, 0) is 23.2 Å². The van der Waals surface area contributed by atoms with Gasteiger partial charge in [-0.2, -0.15) is 4.73 Å². The predicted molar refractivity (Wildman–Crippen MR) is 91.0 cm³/mol. The Kier molecular flexibility index (Phi) is 3.03. The molecule has 2 spiro atoms. The summed E-state index contributed by atoms with van der Waals surface area (Å²) in [6.07, 6.45) is 5.16. The molecule has 24 heavy (non-hydrogen) atoms. The van der Waals surface area contributed by atoms with Crippen LogP contribution in [0.2, 0.25) is 5.02 Å². The normalized spacial score (nSPS) is 26.7. The number of epoxide rings is 1. The first-order valence-corrected chi connectivity index (χ1v) is 8.95. The molecule has 5 heteroatoms. The number of ether oxygens (including phenoxy) is 1. The zero-order chi connectivity index (χ0) is 16.4. The van der Waals surface area contributed by atoms with Gasteiger partial charge in [0.1, 0.15) is 5.60 Å². The highest BCUT2D eigenvalue weighted by molar-refractivity contribution is 6.30. The molecule has 0 bridgehead atoms. The highest BCUT2D eigenvalue weighted by Gasteiger charge is 2.76. The second-order valence-corrected chi connectivity index (χ2v) is 7.47. The van der Waals surface area contributed by atoms with Crippen LogP contribution >= 0.6 is 11.6 Å². The third kappa shape index (κ3) is 1.79. The number of piperidine rings is 1. The second kappa shape index (κ2) is 4.94. The molecule has 2 fully saturated rings. The van der Waals surface area contributed by atoms with E-state index in [-0.39, 0.29) is 5.60 Å². The molecule has 3 aliphatic rings. The Labute approximate surface area is 146 Å². The minimum Gasteiger partial charge on any atom is -0.618 e. The van der Waals surface area contributed by atoms with E-state index >= 15 is 0 Å². The minimum absolute atomic E-state index is 0.270. The van der Waals surface area contributed by atoms with Crippen molar-refractivity contribution in [2.45, 2.75) is 36.9 Å². The van der Waals surface area contributed by atoms with E-state index in [0.29, 0.717) is 0 Å². The molecular formula is C19H19ClN2O2. The molecule has 124 valence electrons. The van der Waals surface area contributed by atoms with Crippen LogP contribution in [0.5, 0.6) is 0 Å². The van der Waals surface area contributed by atoms with Gasteiger partial charge in [-0.25, -0.2) is 0 Å². The fraction of sp³-hybridized carbons (Fsp3) is 0.421. The molecule has 1 aromatic carbocycles. The molecule has 1 atom stereocenters. The number of rotatable bonds is 0. The molecule has 2 aliphatic heterocycles. The summed E-state index contributed by atoms with van der Waals surface area (Å²) in [7, 11) is 0. The summed E-state index contributed by atoms with van der Waals surface area (Å²) in [6.45, 7) is 1.84. The highest BCUT2D eigenvalue weighted by Crippen LogP contribution is 2.65. The Bertz CT molecular complexity index is 832. The van der Waals surface area contributed by atoms with Crippen molar-refractivity contribution in [1.82, 2.24) is 5.32 Å². The molecule has 1 N–H and O–H groups in total. The van der Waals surface area contributed by atoms with E-state index in [1.54, 1.807) is 6.20 Å². The van der Waals surface area contributed by atoms with Gasteiger partial charge in [-0.3, -0.25) is 0 Å². The summed E-state index contributed by atoms with van der Waals surface area (Å²) in [5, 5.41) is 16.9. The van der Waals surface area contributed by atoms with Crippen LogP contribution in [0.25, 0.3) is 0 Å². The maximum Gasteiger partial charge on any atom is 0.235 e. The number of halogens is 1. The van der Waals surface area contributed by atoms with Crippen LogP contribution in [0, 0.1) is 5.21 Å². The van der Waals surface area contributed by atoms with Crippen LogP contribution in [0.15, 0.2) is 36.5 Å². The third-order valence-corrected chi connectivity index (χ3v) is 6.08. The summed E-state index contributed by atoms with van der Waals surface area (Å²) >= 11 is 6.25. The lowest BCUT2D eigenvalue weighted by Gasteiger charge is -2.25. The predicted octanol–water partition coefficient (Wildman–Crippen LogP) is 2.47. The van der Waals surface area contributed by atoms with Crippen LogP contribution in [0.4, 0.5) is 0 Å². The zero-order valence-electron chi connectivity index (χ0n) is 13.3. The van der Waals surface area contributed by atoms with E-state index < -0.39 is 5.60 Å². The number of benzene rings is 1. The lowest BCUT2D eigenvalue weighted by Crippen LogP contribution is -2.44. The van der Waals surface area contributed by atoms with Gasteiger partial charge in [0.15, 0.2) is 6.20 Å². The maximum absolute atomic E-state index is 12.8. The molecule has 4 nitrogen and oxygen atoms in total. The smallest absolute Gasteiger partial charge is 0.235 e. The number of nitrogens with zero attached hydrogens (tertiary/aromatic N) is 1. The highest BCUT2D eigenvalue weighted by atomic mass is 35.5. The summed E-state index contributed by atoms with van der Waals surface area (Å²) < 4.78 is 7.55. The summed E-state index contributed by atoms with van der Waals surface area (Å²) in [6, 6.07) is 9.92. The molecule has 2 aromatic rings. The number of aryl methyl sites for hydroxylation is 2. The molecule has 0 amide bonds. The van der Waals surface area contributed by atoms with Gasteiger partial charge in [0.25, 0.3) is 0 Å². The van der Waals surface area contributed by atoms with Crippen LogP contribution < -0.4 is 10.0 Å². The molecule has 5 rings (SSSR count). The second-order valence-electron chi connectivity index (χ2n) is 7.04. The Hall–Kier alpha value is -1.62. The van der Waals surface area contributed by atoms with Crippen molar-refractivity contribution in [2.24, 2.45) is 0 Å². The zero-order valence-corrected chi connectivity index (χ0v) is 14.1. The maximum atomic E-state index is 12.8. The van der Waals surface area contributed by atoms with Gasteiger partial charge < -0.3 is 15.3 Å². The van der Waals surface area contributed by atoms with E-state index in [1.807, 2.05) is 18.2 Å². The van der Waals surface area contributed by atoms with E-state index in [9.17, 15) is 5.21 Å². The first-order chi connectivity index (χ1) is 11.7. The average molecular weight is 343 g/mol. The Morgan fingerprint density at radius 3 is 2.75 bits per heavy atom. The van der Waals surface area contributed by atoms with Crippen molar-refractivity contribution < 1.29 is 9.47 Å². The van der Waals surface area contributed by atoms with E-state index in [0.717, 1.165) is 65.3 Å². The van der Waals surface area contributed by atoms with Crippen LogP contribution in [0.1, 0.15) is 35.2 Å². The Balaban J connectivity index is 1.79. The van der Waals surface area contributed by atoms with Crippen molar-refractivity contribution in [3.05, 3.63) is 69.1 Å². The van der Waals surface area contributed by atoms with Gasteiger partial charge in [-0.1, -0.05) is 17.7 Å². The van der Waals surface area contributed by atoms with Crippen molar-refractivity contribution in [2.75, 3.05) is 13.1 Å². The quantitative estimate of drug-likeness (QED) is 0.454. The molecule has 0 radical (unpaired) electrons. The largest absolute Gasteiger partial charge is 0.618 e. The first kappa shape index (κ1) is 14.7. The van der Waals surface area contributed by atoms with E-state index in [4.69, 9.17) is 16.3 Å². The van der Waals surface area contributed by atoms with Gasteiger partial charge in [-0.05, 0) is 62.5 Å². The lowest BCUT2D eigenvalue weighted by atomic mass is 9.77. The molecular weight excluding hydrogens is 324 g/mol. The number of hydrogen-bond donors (Lipinski definition) is 1. The van der Waals surface area contributed by atoms with Crippen LogP contribution in [-0.4, -0.2) is 18.7 Å². The van der Waals surface area contributed by atoms with Gasteiger partial charge in [0.05, 0.1) is 0 Å². The fourth-order valence-electron chi connectivity index (χ4n) is 4.74. The number of fused-ring (bicyclic) bond motifs is 5. The Morgan fingerprint density at radius 2 is 1.92 bits per heavy atom. The third-order valence-electron chi connectivity index (χ3n) is 5.85. The van der Waals surface area contributed by atoms with E-state index in [1.165, 1.54) is 5.56 Å². The molecule has 2 saturated heterocycles. The number of pyridine rings is 1. The first-order valence-electron chi connectivity index (χ1n) is 8.58. The monoisotopic (exact) mass is 342 g/mol. The molecule has 1 aliphatic carbocycles. The SMILES string of the molecule is [O-][n+]1cccc2c1C1(OC13CCNCC3)c1ccc(Cl)cc1CC2. The van der Waals surface area contributed by atoms with Crippen molar-refractivity contribution in [1.29, 1.82) is 0 Å². The topological polar surface area (TPSA) is 51.5 Å². The standard InChI is InChI=1S/C19H19ClN2O2/c20-15-5-6-16-14(12-15)4-3-13-2-1-11-22(23)17(13)19(16)18(24-19)7-9-21-10-8-18/h1-2,5-6,11-12,21H,3-4,7-10H2. The van der Waals surface area contributed by atoms with Crippen molar-refractivity contribution in [3.8, 4) is 0 Å². The Morgan fingerprint density at radius 1 is 1.12 bits per heavy atom. The number of nitrogens with one attached hydrogen (secondary N) is 1. The van der Waals surface area contributed by atoms with Crippen molar-refractivity contribution >= 4 is 11.6 Å². The molecule has 1 unspecified atom stereocenters. The van der Waals surface area contributed by atoms with Crippen molar-refractivity contribution in [3.63, 3.8) is 0 Å². The van der Waals surface area contributed by atoms with Gasteiger partial charge >= 0.3 is 0 Å². The summed E-state index contributed by atoms with van der Waals surface area (Å²) in [4.78, 5) is 0. The number of aromatic nitrogens is 1. The van der Waals surface area contributed by atoms with Gasteiger partial charge in [0.2, 0.25) is 11.3 Å². The molecule has 1 aromatic heterocycles. The summed E-state index contributed by atoms with van der Waals surface area (Å²) in [5.74, 6) is 0. The lowest BCUT2D eigenvalue weighted by molar-refractivity contribution is -0.618. The van der Waals surface area contributed by atoms with Crippen LogP contribution in [0.3, 0.4) is 0 Å². The molecule has 0 saturated carbocycles. The van der Waals surface area contributed by atoms with E-state index in [2.05, 4.69) is 17.4 Å². The summed E-state index contributed by atoms with van der Waals surface area (Å²) in [5.41, 5.74) is 3.32. The fourth-order valence-corrected chi connectivity index (χ4v) is 4.94. The number of hydrogen-bond acceptors (Lipinski definition) is 3. The average Bonchev–Trinajstić information content (AvgIpc) is 3.23. The van der Waals surface area contributed by atoms with Gasteiger partial charge in [-0.15, -0.1) is 0 Å². The minimum atomic E-state index is -0.621. The van der Waals surface area contributed by atoms with Gasteiger partial charge in [0, 0.05) is 22.2 Å². The molecule has 3 heterocycles.